The third kappa shape index (κ3) is 3.06. The zero-order valence-electron chi connectivity index (χ0n) is 11.0. The zero-order valence-corrected chi connectivity index (χ0v) is 11.0. The topological polar surface area (TPSA) is 63.1 Å². The number of carboxylic acid groups (broad SMARTS) is 1. The Morgan fingerprint density at radius 1 is 1.33 bits per heavy atom. The smallest absolute Gasteiger partial charge is 0.306 e. The molecule has 1 heterocycles. The van der Waals surface area contributed by atoms with Crippen molar-refractivity contribution in [3.8, 4) is 0 Å². The van der Waals surface area contributed by atoms with Crippen LogP contribution in [0.2, 0.25) is 0 Å². The Kier molecular flexibility index (Phi) is 3.94. The Morgan fingerprint density at radius 3 is 2.56 bits per heavy atom. The molecule has 1 N–H and O–H groups in total. The summed E-state index contributed by atoms with van der Waals surface area (Å²) < 4.78 is 0. The van der Waals surface area contributed by atoms with Crippen LogP contribution in [0.5, 0.6) is 0 Å². The van der Waals surface area contributed by atoms with Gasteiger partial charge in [0, 0.05) is 11.9 Å². The molecule has 1 aromatic heterocycles. The highest BCUT2D eigenvalue weighted by Crippen LogP contribution is 2.31. The number of aromatic nitrogens is 2. The van der Waals surface area contributed by atoms with Crippen molar-refractivity contribution in [1.29, 1.82) is 0 Å². The van der Waals surface area contributed by atoms with Crippen LogP contribution in [0.25, 0.3) is 0 Å². The average Bonchev–Trinajstić information content (AvgIpc) is 2.33. The molecule has 2 rings (SSSR count). The van der Waals surface area contributed by atoms with Crippen molar-refractivity contribution >= 4 is 5.97 Å². The number of carbonyl (C=O) groups is 1. The van der Waals surface area contributed by atoms with Gasteiger partial charge in [-0.2, -0.15) is 0 Å². The van der Waals surface area contributed by atoms with Crippen LogP contribution in [-0.2, 0) is 11.2 Å². The number of rotatable bonds is 3. The van der Waals surface area contributed by atoms with E-state index in [0.29, 0.717) is 5.92 Å². The van der Waals surface area contributed by atoms with Gasteiger partial charge in [-0.25, -0.2) is 9.97 Å². The summed E-state index contributed by atoms with van der Waals surface area (Å²) in [4.78, 5) is 19.5. The van der Waals surface area contributed by atoms with E-state index < -0.39 is 5.97 Å². The monoisotopic (exact) mass is 248 g/mol. The van der Waals surface area contributed by atoms with E-state index in [1.54, 1.807) is 0 Å². The number of nitrogens with zero attached hydrogens (tertiary/aromatic N) is 2. The first-order valence-electron chi connectivity index (χ1n) is 6.58. The molecule has 1 fully saturated rings. The predicted molar refractivity (Wildman–Crippen MR) is 68.3 cm³/mol. The molecule has 4 heteroatoms. The van der Waals surface area contributed by atoms with E-state index in [1.807, 2.05) is 20.0 Å². The van der Waals surface area contributed by atoms with Crippen LogP contribution >= 0.6 is 0 Å². The molecule has 98 valence electrons. The molecule has 0 radical (unpaired) electrons. The van der Waals surface area contributed by atoms with Gasteiger partial charge >= 0.3 is 5.97 Å². The van der Waals surface area contributed by atoms with E-state index in [0.717, 1.165) is 43.6 Å². The maximum atomic E-state index is 10.9. The van der Waals surface area contributed by atoms with E-state index in [2.05, 4.69) is 9.97 Å². The van der Waals surface area contributed by atoms with Gasteiger partial charge in [0.2, 0.25) is 0 Å². The lowest BCUT2D eigenvalue weighted by molar-refractivity contribution is -0.143. The lowest BCUT2D eigenvalue weighted by Crippen LogP contribution is -2.22. The van der Waals surface area contributed by atoms with Crippen LogP contribution in [0.4, 0.5) is 0 Å². The number of hydrogen-bond donors (Lipinski definition) is 1. The second-order valence-electron chi connectivity index (χ2n) is 5.29. The van der Waals surface area contributed by atoms with Crippen LogP contribution in [-0.4, -0.2) is 21.0 Å². The molecule has 1 aliphatic carbocycles. The van der Waals surface area contributed by atoms with Crippen LogP contribution in [0.3, 0.4) is 0 Å². The minimum Gasteiger partial charge on any atom is -0.481 e. The Balaban J connectivity index is 1.93. The van der Waals surface area contributed by atoms with Crippen molar-refractivity contribution in [2.75, 3.05) is 0 Å². The third-order valence-corrected chi connectivity index (χ3v) is 3.91. The highest BCUT2D eigenvalue weighted by Gasteiger charge is 2.26. The summed E-state index contributed by atoms with van der Waals surface area (Å²) in [7, 11) is 0. The van der Waals surface area contributed by atoms with Gasteiger partial charge in [-0.3, -0.25) is 4.79 Å². The second kappa shape index (κ2) is 5.46. The summed E-state index contributed by atoms with van der Waals surface area (Å²) >= 11 is 0. The quantitative estimate of drug-likeness (QED) is 0.892. The molecular weight excluding hydrogens is 228 g/mol. The number of hydrogen-bond acceptors (Lipinski definition) is 3. The van der Waals surface area contributed by atoms with Gasteiger partial charge in [0.15, 0.2) is 0 Å². The van der Waals surface area contributed by atoms with Crippen molar-refractivity contribution in [3.63, 3.8) is 0 Å². The van der Waals surface area contributed by atoms with Crippen molar-refractivity contribution in [1.82, 2.24) is 9.97 Å². The molecule has 0 spiro atoms. The van der Waals surface area contributed by atoms with E-state index in [4.69, 9.17) is 5.11 Å². The fourth-order valence-corrected chi connectivity index (χ4v) is 2.73. The maximum Gasteiger partial charge on any atom is 0.306 e. The van der Waals surface area contributed by atoms with E-state index in [9.17, 15) is 4.79 Å². The van der Waals surface area contributed by atoms with Gasteiger partial charge in [-0.05, 0) is 57.4 Å². The van der Waals surface area contributed by atoms with Crippen molar-refractivity contribution in [3.05, 3.63) is 23.3 Å². The third-order valence-electron chi connectivity index (χ3n) is 3.91. The first kappa shape index (κ1) is 13.0. The first-order valence-corrected chi connectivity index (χ1v) is 6.58. The zero-order chi connectivity index (χ0) is 13.1. The van der Waals surface area contributed by atoms with Crippen molar-refractivity contribution in [2.24, 2.45) is 11.8 Å². The van der Waals surface area contributed by atoms with Gasteiger partial charge in [0.25, 0.3) is 0 Å². The Bertz CT molecular complexity index is 437. The second-order valence-corrected chi connectivity index (χ2v) is 5.29. The van der Waals surface area contributed by atoms with Gasteiger partial charge in [-0.15, -0.1) is 0 Å². The molecule has 18 heavy (non-hydrogen) atoms. The van der Waals surface area contributed by atoms with Crippen LogP contribution in [0, 0.1) is 25.7 Å². The summed E-state index contributed by atoms with van der Waals surface area (Å²) in [5.41, 5.74) is 2.27. The minimum absolute atomic E-state index is 0.128. The Labute approximate surface area is 107 Å². The van der Waals surface area contributed by atoms with Crippen LogP contribution in [0.1, 0.15) is 42.8 Å². The Hall–Kier alpha value is -1.45. The fourth-order valence-electron chi connectivity index (χ4n) is 2.73. The molecule has 4 nitrogen and oxygen atoms in total. The number of aryl methyl sites for hydroxylation is 2. The average molecular weight is 248 g/mol. The molecule has 0 aliphatic heterocycles. The molecule has 0 saturated heterocycles. The lowest BCUT2D eigenvalue weighted by Gasteiger charge is -2.26. The van der Waals surface area contributed by atoms with E-state index in [-0.39, 0.29) is 5.92 Å². The fraction of sp³-hybridized carbons (Fsp3) is 0.643. The van der Waals surface area contributed by atoms with Crippen molar-refractivity contribution in [2.45, 2.75) is 46.0 Å². The molecule has 1 aliphatic rings. The summed E-state index contributed by atoms with van der Waals surface area (Å²) in [5.74, 6) is 0.636. The SMILES string of the molecule is Cc1ncc(C[C@H]2CC[C@H](C(=O)O)CC2)c(C)n1. The number of carboxylic acids is 1. The number of aliphatic carboxylic acids is 1. The summed E-state index contributed by atoms with van der Waals surface area (Å²) in [6.45, 7) is 3.92. The summed E-state index contributed by atoms with van der Waals surface area (Å²) in [6, 6.07) is 0. The Morgan fingerprint density at radius 2 is 2.00 bits per heavy atom. The lowest BCUT2D eigenvalue weighted by atomic mass is 9.79. The summed E-state index contributed by atoms with van der Waals surface area (Å²) in [6.07, 6.45) is 6.53. The first-order chi connectivity index (χ1) is 8.56. The molecule has 0 amide bonds. The van der Waals surface area contributed by atoms with Gasteiger partial charge in [0.1, 0.15) is 5.82 Å². The van der Waals surface area contributed by atoms with E-state index in [1.165, 1.54) is 5.56 Å². The normalized spacial score (nSPS) is 23.9. The van der Waals surface area contributed by atoms with Gasteiger partial charge in [0.05, 0.1) is 5.92 Å². The highest BCUT2D eigenvalue weighted by molar-refractivity contribution is 5.69. The van der Waals surface area contributed by atoms with Gasteiger partial charge in [-0.1, -0.05) is 0 Å². The molecular formula is C14H20N2O2. The molecule has 1 saturated carbocycles. The molecule has 0 aromatic carbocycles. The maximum absolute atomic E-state index is 10.9. The standard InChI is InChI=1S/C14H20N2O2/c1-9-13(8-15-10(2)16-9)7-11-3-5-12(6-4-11)14(17)18/h8,11-12H,3-7H2,1-2H3,(H,17,18)/t11-,12-. The molecule has 0 bridgehead atoms. The highest BCUT2D eigenvalue weighted by atomic mass is 16.4. The van der Waals surface area contributed by atoms with E-state index >= 15 is 0 Å². The molecule has 1 aromatic rings. The predicted octanol–water partition coefficient (Wildman–Crippen LogP) is 2.53. The van der Waals surface area contributed by atoms with Gasteiger partial charge < -0.3 is 5.11 Å². The molecule has 0 unspecified atom stereocenters. The van der Waals surface area contributed by atoms with Crippen molar-refractivity contribution < 1.29 is 9.90 Å². The van der Waals surface area contributed by atoms with Crippen LogP contribution < -0.4 is 0 Å². The van der Waals surface area contributed by atoms with Crippen LogP contribution in [0.15, 0.2) is 6.20 Å². The summed E-state index contributed by atoms with van der Waals surface area (Å²) in [5, 5.41) is 8.97. The minimum atomic E-state index is -0.636. The largest absolute Gasteiger partial charge is 0.481 e. The molecule has 0 atom stereocenters.